The molecule has 4 N–H and O–H groups in total. The summed E-state index contributed by atoms with van der Waals surface area (Å²) in [5.41, 5.74) is 0.210. The first-order chi connectivity index (χ1) is 14.2. The lowest BCUT2D eigenvalue weighted by Crippen LogP contribution is -2.55. The molecule has 4 aliphatic heterocycles. The quantitative estimate of drug-likeness (QED) is 0.211. The van der Waals surface area contributed by atoms with E-state index in [-0.39, 0.29) is 25.4 Å². The van der Waals surface area contributed by atoms with Gasteiger partial charge in [0.1, 0.15) is 49.3 Å². The van der Waals surface area contributed by atoms with Crippen LogP contribution in [-0.2, 0) is 33.2 Å². The fourth-order valence-electron chi connectivity index (χ4n) is 3.41. The number of carbonyl (C=O) groups excluding carboxylic acids is 1. The Kier molecular flexibility index (Phi) is 7.46. The first-order valence-corrected chi connectivity index (χ1v) is 9.42. The van der Waals surface area contributed by atoms with Crippen LogP contribution in [0.25, 0.3) is 0 Å². The van der Waals surface area contributed by atoms with E-state index in [9.17, 15) is 25.2 Å². The lowest BCUT2D eigenvalue weighted by Gasteiger charge is -2.34. The third kappa shape index (κ3) is 4.67. The first-order valence-electron chi connectivity index (χ1n) is 9.42. The van der Waals surface area contributed by atoms with Gasteiger partial charge in [-0.1, -0.05) is 12.5 Å². The molecule has 4 heterocycles. The molecule has 4 bridgehead atoms. The maximum Gasteiger partial charge on any atom is 0.333 e. The number of terminal acetylenes is 1. The highest BCUT2D eigenvalue weighted by Gasteiger charge is 2.52. The third-order valence-electron chi connectivity index (χ3n) is 5.09. The van der Waals surface area contributed by atoms with Gasteiger partial charge in [-0.25, -0.2) is 4.79 Å². The predicted octanol–water partition coefficient (Wildman–Crippen LogP) is -2.57. The molecule has 0 radical (unpaired) electrons. The van der Waals surface area contributed by atoms with E-state index in [0.29, 0.717) is 0 Å². The summed E-state index contributed by atoms with van der Waals surface area (Å²) < 4.78 is 31.0. The summed E-state index contributed by atoms with van der Waals surface area (Å²) in [6.07, 6.45) is -3.44. The number of esters is 1. The van der Waals surface area contributed by atoms with Gasteiger partial charge in [-0.05, 0) is 6.92 Å². The zero-order valence-corrected chi connectivity index (χ0v) is 16.3. The molecule has 11 heteroatoms. The molecule has 10 atom stereocenters. The van der Waals surface area contributed by atoms with Crippen molar-refractivity contribution in [3.8, 4) is 12.3 Å². The standard InChI is InChI=1S/C10H14O6.C9H12O5/c1-4(2)9(13)16-8-7(12)6(11)5-3-14-10(8)15-5;1-2-3-12-8-7(11)6(10)5-4-13-9(8)14-5/h5-8,10-12H,1,3H2,2H3;1,5-11H,3-4H2. The molecule has 0 aromatic rings. The molecule has 4 rings (SSSR count). The maximum atomic E-state index is 11.3. The van der Waals surface area contributed by atoms with E-state index in [1.165, 1.54) is 6.92 Å². The Bertz CT molecular complexity index is 676. The zero-order valence-electron chi connectivity index (χ0n) is 16.3. The molecule has 0 aliphatic carbocycles. The minimum Gasteiger partial charge on any atom is -0.451 e. The van der Waals surface area contributed by atoms with Crippen LogP contribution in [-0.4, -0.2) is 108 Å². The van der Waals surface area contributed by atoms with E-state index in [1.54, 1.807) is 0 Å². The number of ether oxygens (including phenoxy) is 6. The second-order valence-corrected chi connectivity index (χ2v) is 7.34. The molecule has 4 aliphatic rings. The minimum atomic E-state index is -1.20. The Morgan fingerprint density at radius 1 is 1.00 bits per heavy atom. The fourth-order valence-corrected chi connectivity index (χ4v) is 3.41. The van der Waals surface area contributed by atoms with Gasteiger partial charge in [-0.2, -0.15) is 0 Å². The van der Waals surface area contributed by atoms with Gasteiger partial charge in [-0.3, -0.25) is 0 Å². The molecule has 0 aromatic carbocycles. The highest BCUT2D eigenvalue weighted by molar-refractivity contribution is 5.87. The summed E-state index contributed by atoms with van der Waals surface area (Å²) >= 11 is 0. The molecular weight excluding hydrogens is 404 g/mol. The molecule has 11 nitrogen and oxygen atoms in total. The topological polar surface area (TPSA) is 153 Å². The number of aliphatic hydroxyl groups is 4. The van der Waals surface area contributed by atoms with Crippen LogP contribution in [0.4, 0.5) is 0 Å². The lowest BCUT2D eigenvalue weighted by molar-refractivity contribution is -0.239. The monoisotopic (exact) mass is 430 g/mol. The van der Waals surface area contributed by atoms with Crippen molar-refractivity contribution in [2.45, 2.75) is 68.3 Å². The van der Waals surface area contributed by atoms with Crippen molar-refractivity contribution in [1.29, 1.82) is 0 Å². The summed E-state index contributed by atoms with van der Waals surface area (Å²) in [4.78, 5) is 11.3. The van der Waals surface area contributed by atoms with Gasteiger partial charge in [0.25, 0.3) is 0 Å². The van der Waals surface area contributed by atoms with Gasteiger partial charge in [0.2, 0.25) is 0 Å². The maximum absolute atomic E-state index is 11.3. The van der Waals surface area contributed by atoms with Crippen LogP contribution < -0.4 is 0 Å². The first kappa shape index (κ1) is 23.1. The van der Waals surface area contributed by atoms with Gasteiger partial charge >= 0.3 is 5.97 Å². The number of aliphatic hydroxyl groups excluding tert-OH is 4. The lowest BCUT2D eigenvalue weighted by atomic mass is 10.0. The summed E-state index contributed by atoms with van der Waals surface area (Å²) in [6, 6.07) is 0. The second kappa shape index (κ2) is 9.69. The summed E-state index contributed by atoms with van der Waals surface area (Å²) in [5.74, 6) is 1.64. The molecule has 0 spiro atoms. The molecule has 30 heavy (non-hydrogen) atoms. The van der Waals surface area contributed by atoms with E-state index < -0.39 is 67.4 Å². The number of hydrogen-bond donors (Lipinski definition) is 4. The van der Waals surface area contributed by atoms with E-state index in [0.717, 1.165) is 0 Å². The van der Waals surface area contributed by atoms with E-state index >= 15 is 0 Å². The fraction of sp³-hybridized carbons (Fsp3) is 0.737. The number of carbonyl (C=O) groups is 1. The van der Waals surface area contributed by atoms with Gasteiger partial charge in [0.15, 0.2) is 18.7 Å². The Labute approximate surface area is 173 Å². The summed E-state index contributed by atoms with van der Waals surface area (Å²) in [6.45, 7) is 5.44. The van der Waals surface area contributed by atoms with Crippen LogP contribution >= 0.6 is 0 Å². The van der Waals surface area contributed by atoms with Crippen molar-refractivity contribution in [3.05, 3.63) is 12.2 Å². The van der Waals surface area contributed by atoms with Gasteiger partial charge in [-0.15, -0.1) is 6.42 Å². The van der Waals surface area contributed by atoms with Crippen LogP contribution in [0.1, 0.15) is 6.92 Å². The van der Waals surface area contributed by atoms with Crippen molar-refractivity contribution in [3.63, 3.8) is 0 Å². The van der Waals surface area contributed by atoms with Crippen LogP contribution in [0.15, 0.2) is 12.2 Å². The van der Waals surface area contributed by atoms with E-state index in [4.69, 9.17) is 34.8 Å². The van der Waals surface area contributed by atoms with E-state index in [1.807, 2.05) is 0 Å². The van der Waals surface area contributed by atoms with Crippen LogP contribution in [0.5, 0.6) is 0 Å². The molecule has 4 fully saturated rings. The van der Waals surface area contributed by atoms with Crippen molar-refractivity contribution in [1.82, 2.24) is 0 Å². The molecule has 168 valence electrons. The normalized spacial score (nSPS) is 43.9. The average molecular weight is 430 g/mol. The molecule has 10 unspecified atom stereocenters. The highest BCUT2D eigenvalue weighted by Crippen LogP contribution is 2.31. The summed E-state index contributed by atoms with van der Waals surface area (Å²) in [7, 11) is 0. The molecule has 0 amide bonds. The molecule has 0 saturated carbocycles. The van der Waals surface area contributed by atoms with Crippen LogP contribution in [0, 0.1) is 12.3 Å². The van der Waals surface area contributed by atoms with Gasteiger partial charge in [0.05, 0.1) is 13.2 Å². The largest absolute Gasteiger partial charge is 0.451 e. The Morgan fingerprint density at radius 2 is 1.50 bits per heavy atom. The second-order valence-electron chi connectivity index (χ2n) is 7.34. The van der Waals surface area contributed by atoms with Gasteiger partial charge < -0.3 is 48.8 Å². The van der Waals surface area contributed by atoms with Gasteiger partial charge in [0, 0.05) is 5.57 Å². The number of fused-ring (bicyclic) bond motifs is 4. The number of rotatable bonds is 4. The highest BCUT2D eigenvalue weighted by atomic mass is 16.8. The minimum absolute atomic E-state index is 0.0579. The summed E-state index contributed by atoms with van der Waals surface area (Å²) in [5, 5.41) is 38.5. The smallest absolute Gasteiger partial charge is 0.333 e. The Hall–Kier alpha value is -1.59. The number of hydrogen-bond acceptors (Lipinski definition) is 11. The van der Waals surface area contributed by atoms with Crippen molar-refractivity contribution < 1.29 is 53.6 Å². The van der Waals surface area contributed by atoms with Crippen molar-refractivity contribution >= 4 is 5.97 Å². The van der Waals surface area contributed by atoms with Crippen LogP contribution in [0.2, 0.25) is 0 Å². The van der Waals surface area contributed by atoms with E-state index in [2.05, 4.69) is 12.5 Å². The van der Waals surface area contributed by atoms with Crippen LogP contribution in [0.3, 0.4) is 0 Å². The van der Waals surface area contributed by atoms with Crippen molar-refractivity contribution in [2.24, 2.45) is 0 Å². The third-order valence-corrected chi connectivity index (χ3v) is 5.09. The average Bonchev–Trinajstić information content (AvgIpc) is 3.36. The molecular formula is C19H26O11. The van der Waals surface area contributed by atoms with Crippen molar-refractivity contribution in [2.75, 3.05) is 19.8 Å². The molecule has 4 saturated heterocycles. The Morgan fingerprint density at radius 3 is 2.00 bits per heavy atom. The predicted molar refractivity (Wildman–Crippen MR) is 96.5 cm³/mol. The molecule has 0 aromatic heterocycles. The zero-order chi connectivity index (χ0) is 22.0. The Balaban J connectivity index is 0.000000172. The SMILES string of the molecule is C#CCOC1C2OCC(O2)C(O)C1O.C=C(C)C(=O)OC1C2OCC(O2)C(O)C1O.